The molecule has 0 aliphatic carbocycles. The number of ether oxygens (including phenoxy) is 2. The monoisotopic (exact) mass is 374 g/mol. The van der Waals surface area contributed by atoms with E-state index in [0.29, 0.717) is 18.7 Å². The van der Waals surface area contributed by atoms with Crippen molar-refractivity contribution in [1.29, 1.82) is 0 Å². The maximum atomic E-state index is 11.4. The van der Waals surface area contributed by atoms with Crippen LogP contribution in [0.2, 0.25) is 0 Å². The minimum absolute atomic E-state index is 0.273. The fourth-order valence-electron chi connectivity index (χ4n) is 3.06. The van der Waals surface area contributed by atoms with Crippen LogP contribution in [0.3, 0.4) is 0 Å². The largest absolute Gasteiger partial charge is 0.469 e. The van der Waals surface area contributed by atoms with Crippen LogP contribution in [0.5, 0.6) is 0 Å². The summed E-state index contributed by atoms with van der Waals surface area (Å²) in [7, 11) is 2.73. The van der Waals surface area contributed by atoms with Crippen molar-refractivity contribution in [3.05, 3.63) is 36.0 Å². The Kier molecular flexibility index (Phi) is 8.00. The molecule has 0 atom stereocenters. The predicted molar refractivity (Wildman–Crippen MR) is 102 cm³/mol. The minimum Gasteiger partial charge on any atom is -0.469 e. The second-order valence-electron chi connectivity index (χ2n) is 6.26. The highest BCUT2D eigenvalue weighted by Gasteiger charge is 2.12. The molecule has 0 saturated heterocycles. The summed E-state index contributed by atoms with van der Waals surface area (Å²) in [6.07, 6.45) is 4.11. The van der Waals surface area contributed by atoms with E-state index in [1.54, 1.807) is 0 Å². The zero-order valence-electron chi connectivity index (χ0n) is 15.8. The van der Waals surface area contributed by atoms with E-state index in [0.717, 1.165) is 36.7 Å². The van der Waals surface area contributed by atoms with Crippen molar-refractivity contribution >= 4 is 29.1 Å². The van der Waals surface area contributed by atoms with Gasteiger partial charge in [-0.3, -0.25) is 14.4 Å². The molecular weight excluding hydrogens is 348 g/mol. The lowest BCUT2D eigenvalue weighted by atomic mass is 10.2. The molecule has 1 aromatic carbocycles. The predicted octanol–water partition coefficient (Wildman–Crippen LogP) is 2.27. The maximum absolute atomic E-state index is 11.4. The van der Waals surface area contributed by atoms with Gasteiger partial charge in [0.05, 0.1) is 27.1 Å². The number of aldehydes is 1. The molecule has 27 heavy (non-hydrogen) atoms. The number of benzene rings is 1. The van der Waals surface area contributed by atoms with E-state index >= 15 is 0 Å². The summed E-state index contributed by atoms with van der Waals surface area (Å²) in [6, 6.07) is 7.80. The lowest BCUT2D eigenvalue weighted by molar-refractivity contribution is -0.141. The van der Waals surface area contributed by atoms with Crippen LogP contribution in [0.25, 0.3) is 10.9 Å². The van der Waals surface area contributed by atoms with E-state index < -0.39 is 0 Å². The smallest absolute Gasteiger partial charge is 0.306 e. The molecule has 0 aliphatic heterocycles. The maximum Gasteiger partial charge on any atom is 0.306 e. The molecule has 0 unspecified atom stereocenters. The Morgan fingerprint density at radius 3 is 2.26 bits per heavy atom. The number of esters is 2. The molecule has 0 bridgehead atoms. The quantitative estimate of drug-likeness (QED) is 0.444. The molecule has 0 spiro atoms. The number of methoxy groups -OCH3 is 2. The van der Waals surface area contributed by atoms with E-state index in [4.69, 9.17) is 9.47 Å². The second kappa shape index (κ2) is 10.5. The summed E-state index contributed by atoms with van der Waals surface area (Å²) in [5.41, 5.74) is 1.70. The van der Waals surface area contributed by atoms with E-state index in [1.807, 2.05) is 30.5 Å². The van der Waals surface area contributed by atoms with Crippen molar-refractivity contribution < 1.29 is 23.9 Å². The lowest BCUT2D eigenvalue weighted by Crippen LogP contribution is -2.31. The molecule has 2 rings (SSSR count). The topological polar surface area (TPSA) is 77.8 Å². The minimum atomic E-state index is -0.273. The number of nitrogens with zero attached hydrogens (tertiary/aromatic N) is 2. The molecule has 2 aromatic rings. The van der Waals surface area contributed by atoms with Crippen molar-refractivity contribution in [2.24, 2.45) is 0 Å². The highest BCUT2D eigenvalue weighted by Crippen LogP contribution is 2.20. The average molecular weight is 374 g/mol. The van der Waals surface area contributed by atoms with Crippen LogP contribution in [-0.2, 0) is 25.6 Å². The number of hydrogen-bond donors (Lipinski definition) is 0. The second-order valence-corrected chi connectivity index (χ2v) is 6.26. The third-order valence-electron chi connectivity index (χ3n) is 4.54. The van der Waals surface area contributed by atoms with Gasteiger partial charge in [0, 0.05) is 42.3 Å². The third-order valence-corrected chi connectivity index (χ3v) is 4.54. The Labute approximate surface area is 158 Å². The van der Waals surface area contributed by atoms with Gasteiger partial charge in [0.25, 0.3) is 0 Å². The molecule has 1 heterocycles. The summed E-state index contributed by atoms with van der Waals surface area (Å²) in [6.45, 7) is 2.50. The first kappa shape index (κ1) is 20.6. The molecule has 0 aliphatic rings. The first-order valence-corrected chi connectivity index (χ1v) is 8.98. The highest BCUT2D eigenvalue weighted by atomic mass is 16.5. The number of carbonyl (C=O) groups excluding carboxylic acids is 3. The standard InChI is InChI=1S/C20H26N2O5/c1-26-19(24)8-12-21(13-9-20(25)27-2)10-5-11-22-14-16(15-23)17-6-3-4-7-18(17)22/h3-4,6-7,14-15H,5,8-13H2,1-2H3. The third kappa shape index (κ3) is 5.92. The normalized spacial score (nSPS) is 10.9. The lowest BCUT2D eigenvalue weighted by Gasteiger charge is -2.21. The van der Waals surface area contributed by atoms with Crippen molar-refractivity contribution in [1.82, 2.24) is 9.47 Å². The van der Waals surface area contributed by atoms with Crippen molar-refractivity contribution in [2.75, 3.05) is 33.9 Å². The van der Waals surface area contributed by atoms with Gasteiger partial charge in [0.15, 0.2) is 6.29 Å². The van der Waals surface area contributed by atoms with E-state index in [-0.39, 0.29) is 24.8 Å². The van der Waals surface area contributed by atoms with Gasteiger partial charge < -0.3 is 18.9 Å². The van der Waals surface area contributed by atoms with Gasteiger partial charge in [-0.1, -0.05) is 18.2 Å². The van der Waals surface area contributed by atoms with Crippen LogP contribution in [0.15, 0.2) is 30.5 Å². The first-order valence-electron chi connectivity index (χ1n) is 8.98. The molecule has 7 nitrogen and oxygen atoms in total. The van der Waals surface area contributed by atoms with Crippen molar-refractivity contribution in [3.8, 4) is 0 Å². The molecule has 0 saturated carbocycles. The van der Waals surface area contributed by atoms with E-state index in [2.05, 4.69) is 9.47 Å². The van der Waals surface area contributed by atoms with Crippen LogP contribution in [0, 0.1) is 0 Å². The van der Waals surface area contributed by atoms with Crippen LogP contribution >= 0.6 is 0 Å². The highest BCUT2D eigenvalue weighted by molar-refractivity contribution is 5.97. The Morgan fingerprint density at radius 2 is 1.67 bits per heavy atom. The Balaban J connectivity index is 1.96. The number of carbonyl (C=O) groups is 3. The van der Waals surface area contributed by atoms with Gasteiger partial charge >= 0.3 is 11.9 Å². The van der Waals surface area contributed by atoms with Gasteiger partial charge in [0.2, 0.25) is 0 Å². The molecule has 0 fully saturated rings. The molecule has 0 N–H and O–H groups in total. The number of hydrogen-bond acceptors (Lipinski definition) is 6. The Hall–Kier alpha value is -2.67. The zero-order valence-corrected chi connectivity index (χ0v) is 15.8. The summed E-state index contributed by atoms with van der Waals surface area (Å²) in [5.74, 6) is -0.546. The van der Waals surface area contributed by atoms with Gasteiger partial charge in [-0.25, -0.2) is 0 Å². The number of para-hydroxylation sites is 1. The number of aryl methyl sites for hydroxylation is 1. The first-order chi connectivity index (χ1) is 13.1. The molecule has 1 aromatic heterocycles. The fraction of sp³-hybridized carbons (Fsp3) is 0.450. The zero-order chi connectivity index (χ0) is 19.6. The van der Waals surface area contributed by atoms with Crippen molar-refractivity contribution in [3.63, 3.8) is 0 Å². The molecular formula is C20H26N2O5. The van der Waals surface area contributed by atoms with Crippen LogP contribution in [0.1, 0.15) is 29.6 Å². The Bertz CT molecular complexity index is 764. The van der Waals surface area contributed by atoms with E-state index in [9.17, 15) is 14.4 Å². The van der Waals surface area contributed by atoms with Gasteiger partial charge in [-0.2, -0.15) is 0 Å². The molecule has 7 heteroatoms. The molecule has 0 amide bonds. The molecule has 146 valence electrons. The van der Waals surface area contributed by atoms with Crippen LogP contribution in [-0.4, -0.2) is 61.5 Å². The number of fused-ring (bicyclic) bond motifs is 1. The summed E-state index contributed by atoms with van der Waals surface area (Å²) in [5, 5.41) is 0.945. The van der Waals surface area contributed by atoms with Crippen LogP contribution in [0.4, 0.5) is 0 Å². The number of rotatable bonds is 11. The van der Waals surface area contributed by atoms with Gasteiger partial charge in [-0.15, -0.1) is 0 Å². The SMILES string of the molecule is COC(=O)CCN(CCCn1cc(C=O)c2ccccc21)CCC(=O)OC. The van der Waals surface area contributed by atoms with Gasteiger partial charge in [0.1, 0.15) is 0 Å². The molecule has 0 radical (unpaired) electrons. The fourth-order valence-corrected chi connectivity index (χ4v) is 3.06. The summed E-state index contributed by atoms with van der Waals surface area (Å²) >= 11 is 0. The average Bonchev–Trinajstić information content (AvgIpc) is 3.06. The van der Waals surface area contributed by atoms with Crippen LogP contribution < -0.4 is 0 Å². The number of aromatic nitrogens is 1. The van der Waals surface area contributed by atoms with Crippen molar-refractivity contribution in [2.45, 2.75) is 25.8 Å². The van der Waals surface area contributed by atoms with Gasteiger partial charge in [-0.05, 0) is 19.0 Å². The summed E-state index contributed by atoms with van der Waals surface area (Å²) in [4.78, 5) is 36.1. The van der Waals surface area contributed by atoms with E-state index in [1.165, 1.54) is 14.2 Å². The summed E-state index contributed by atoms with van der Waals surface area (Å²) < 4.78 is 11.4. The Morgan fingerprint density at radius 1 is 1.04 bits per heavy atom.